The molecule has 0 aromatic carbocycles. The third kappa shape index (κ3) is 6.65. The predicted molar refractivity (Wildman–Crippen MR) is 78.6 cm³/mol. The summed E-state index contributed by atoms with van der Waals surface area (Å²) in [4.78, 5) is 0. The minimum atomic E-state index is 0.234. The summed E-state index contributed by atoms with van der Waals surface area (Å²) in [5.41, 5.74) is 0.234. The molecular weight excluding hydrogens is 224 g/mol. The van der Waals surface area contributed by atoms with E-state index in [1.54, 1.807) is 0 Å². The lowest BCUT2D eigenvalue weighted by Crippen LogP contribution is -2.45. The van der Waals surface area contributed by atoms with Crippen LogP contribution in [-0.2, 0) is 9.47 Å². The third-order valence-corrected chi connectivity index (χ3v) is 2.72. The van der Waals surface area contributed by atoms with Crippen LogP contribution >= 0.6 is 0 Å². The molecule has 2 nitrogen and oxygen atoms in total. The van der Waals surface area contributed by atoms with Gasteiger partial charge in [0.1, 0.15) is 5.76 Å². The quantitative estimate of drug-likeness (QED) is 0.512. The van der Waals surface area contributed by atoms with E-state index in [4.69, 9.17) is 9.47 Å². The van der Waals surface area contributed by atoms with E-state index >= 15 is 0 Å². The van der Waals surface area contributed by atoms with E-state index in [1.807, 2.05) is 31.2 Å². The van der Waals surface area contributed by atoms with Gasteiger partial charge in [-0.2, -0.15) is 0 Å². The van der Waals surface area contributed by atoms with E-state index in [1.165, 1.54) is 6.42 Å². The van der Waals surface area contributed by atoms with Gasteiger partial charge in [0, 0.05) is 0 Å². The van der Waals surface area contributed by atoms with E-state index in [9.17, 15) is 0 Å². The summed E-state index contributed by atoms with van der Waals surface area (Å²) in [6, 6.07) is 0. The van der Waals surface area contributed by atoms with Gasteiger partial charge in [-0.05, 0) is 19.4 Å². The number of allylic oxidation sites excluding steroid dienone is 4. The molecule has 2 heteroatoms. The highest BCUT2D eigenvalue weighted by Gasteiger charge is 2.37. The van der Waals surface area contributed by atoms with Gasteiger partial charge in [0.05, 0.1) is 25.2 Å². The van der Waals surface area contributed by atoms with Crippen molar-refractivity contribution in [1.29, 1.82) is 0 Å². The topological polar surface area (TPSA) is 18.5 Å². The van der Waals surface area contributed by atoms with Crippen molar-refractivity contribution in [2.45, 2.75) is 40.5 Å². The Bertz CT molecular complexity index is 267. The molecule has 1 heterocycles. The van der Waals surface area contributed by atoms with Crippen LogP contribution in [0.1, 0.15) is 40.5 Å². The molecule has 1 aliphatic rings. The van der Waals surface area contributed by atoms with E-state index in [0.29, 0.717) is 12.4 Å². The first-order chi connectivity index (χ1) is 8.64. The van der Waals surface area contributed by atoms with Gasteiger partial charge in [-0.3, -0.25) is 0 Å². The zero-order valence-corrected chi connectivity index (χ0v) is 12.4. The van der Waals surface area contributed by atoms with Gasteiger partial charge < -0.3 is 9.47 Å². The number of ether oxygens (including phenoxy) is 2. The molecule has 1 saturated heterocycles. The van der Waals surface area contributed by atoms with Crippen LogP contribution in [0.3, 0.4) is 0 Å². The lowest BCUT2D eigenvalue weighted by molar-refractivity contribution is -0.141. The van der Waals surface area contributed by atoms with Gasteiger partial charge in [-0.15, -0.1) is 0 Å². The summed E-state index contributed by atoms with van der Waals surface area (Å²) in [5, 5.41) is 0. The van der Waals surface area contributed by atoms with Crippen molar-refractivity contribution in [2.75, 3.05) is 19.8 Å². The Kier molecular flexibility index (Phi) is 9.39. The van der Waals surface area contributed by atoms with E-state index in [-0.39, 0.29) is 5.41 Å². The molecule has 1 aliphatic heterocycles. The SMILES string of the molecule is C=C(/C=C\C=C/C)OCC1(CC)COC1.CCC. The average molecular weight is 252 g/mol. The van der Waals surface area contributed by atoms with Crippen LogP contribution in [0.5, 0.6) is 0 Å². The maximum absolute atomic E-state index is 5.59. The molecule has 0 unspecified atom stereocenters. The maximum atomic E-state index is 5.59. The summed E-state index contributed by atoms with van der Waals surface area (Å²) in [6.07, 6.45) is 10.1. The highest BCUT2D eigenvalue weighted by Crippen LogP contribution is 2.31. The average Bonchev–Trinajstić information content (AvgIpc) is 2.30. The van der Waals surface area contributed by atoms with Crippen LogP contribution in [0, 0.1) is 5.41 Å². The van der Waals surface area contributed by atoms with Crippen LogP contribution in [0.2, 0.25) is 0 Å². The molecular formula is C16H28O2. The zero-order valence-electron chi connectivity index (χ0n) is 12.4. The molecule has 104 valence electrons. The molecule has 0 aliphatic carbocycles. The summed E-state index contributed by atoms with van der Waals surface area (Å²) in [6.45, 7) is 14.6. The van der Waals surface area contributed by atoms with Gasteiger partial charge >= 0.3 is 0 Å². The summed E-state index contributed by atoms with van der Waals surface area (Å²) >= 11 is 0. The van der Waals surface area contributed by atoms with E-state index in [2.05, 4.69) is 27.4 Å². The number of hydrogen-bond donors (Lipinski definition) is 0. The Morgan fingerprint density at radius 1 is 1.28 bits per heavy atom. The van der Waals surface area contributed by atoms with Gasteiger partial charge in [0.15, 0.2) is 0 Å². The fraction of sp³-hybridized carbons (Fsp3) is 0.625. The van der Waals surface area contributed by atoms with Crippen LogP contribution in [-0.4, -0.2) is 19.8 Å². The Balaban J connectivity index is 0.000000873. The monoisotopic (exact) mass is 252 g/mol. The van der Waals surface area contributed by atoms with Crippen molar-refractivity contribution in [3.63, 3.8) is 0 Å². The Labute approximate surface area is 112 Å². The molecule has 0 amide bonds. The van der Waals surface area contributed by atoms with Gasteiger partial charge in [-0.1, -0.05) is 52.0 Å². The maximum Gasteiger partial charge on any atom is 0.112 e. The van der Waals surface area contributed by atoms with Crippen molar-refractivity contribution in [3.05, 3.63) is 36.6 Å². The highest BCUT2D eigenvalue weighted by atomic mass is 16.5. The molecule has 0 aromatic rings. The smallest absolute Gasteiger partial charge is 0.112 e. The van der Waals surface area contributed by atoms with Crippen molar-refractivity contribution in [3.8, 4) is 0 Å². The normalized spacial score (nSPS) is 17.1. The lowest BCUT2D eigenvalue weighted by Gasteiger charge is -2.40. The molecule has 0 atom stereocenters. The van der Waals surface area contributed by atoms with Gasteiger partial charge in [0.25, 0.3) is 0 Å². The minimum absolute atomic E-state index is 0.234. The van der Waals surface area contributed by atoms with Crippen LogP contribution in [0.15, 0.2) is 36.6 Å². The molecule has 18 heavy (non-hydrogen) atoms. The van der Waals surface area contributed by atoms with Crippen molar-refractivity contribution in [2.24, 2.45) is 5.41 Å². The number of rotatable bonds is 6. The van der Waals surface area contributed by atoms with Gasteiger partial charge in [0.2, 0.25) is 0 Å². The molecule has 0 N–H and O–H groups in total. The molecule has 0 radical (unpaired) electrons. The molecule has 0 spiro atoms. The lowest BCUT2D eigenvalue weighted by atomic mass is 9.84. The fourth-order valence-corrected chi connectivity index (χ4v) is 1.35. The van der Waals surface area contributed by atoms with Gasteiger partial charge in [-0.25, -0.2) is 0 Å². The third-order valence-electron chi connectivity index (χ3n) is 2.72. The second-order valence-corrected chi connectivity index (χ2v) is 4.69. The largest absolute Gasteiger partial charge is 0.493 e. The Morgan fingerprint density at radius 3 is 2.28 bits per heavy atom. The zero-order chi connectivity index (χ0) is 13.9. The minimum Gasteiger partial charge on any atom is -0.493 e. The van der Waals surface area contributed by atoms with Crippen molar-refractivity contribution >= 4 is 0 Å². The summed E-state index contributed by atoms with van der Waals surface area (Å²) in [7, 11) is 0. The molecule has 0 bridgehead atoms. The van der Waals surface area contributed by atoms with Crippen LogP contribution < -0.4 is 0 Å². The highest BCUT2D eigenvalue weighted by molar-refractivity contribution is 5.14. The second kappa shape index (κ2) is 9.95. The van der Waals surface area contributed by atoms with Crippen molar-refractivity contribution in [1.82, 2.24) is 0 Å². The molecule has 1 fully saturated rings. The fourth-order valence-electron chi connectivity index (χ4n) is 1.35. The number of hydrogen-bond acceptors (Lipinski definition) is 2. The summed E-state index contributed by atoms with van der Waals surface area (Å²) < 4.78 is 10.8. The Hall–Kier alpha value is -1.02. The van der Waals surface area contributed by atoms with Crippen LogP contribution in [0.25, 0.3) is 0 Å². The molecule has 0 saturated carbocycles. The van der Waals surface area contributed by atoms with Crippen LogP contribution in [0.4, 0.5) is 0 Å². The predicted octanol–water partition coefficient (Wildman–Crippen LogP) is 4.49. The Morgan fingerprint density at radius 2 is 1.89 bits per heavy atom. The van der Waals surface area contributed by atoms with Crippen molar-refractivity contribution < 1.29 is 9.47 Å². The second-order valence-electron chi connectivity index (χ2n) is 4.69. The summed E-state index contributed by atoms with van der Waals surface area (Å²) in [5.74, 6) is 0.716. The first-order valence-corrected chi connectivity index (χ1v) is 6.83. The first-order valence-electron chi connectivity index (χ1n) is 6.83. The van der Waals surface area contributed by atoms with E-state index < -0.39 is 0 Å². The molecule has 0 aromatic heterocycles. The standard InChI is InChI=1S/C13H20O2.C3H8/c1-4-6-7-8-12(3)15-11-13(5-2)9-14-10-13;1-3-2/h4,6-8H,3,5,9-11H2,1-2H3;3H2,1-2H3/b6-4-,8-7-;. The van der Waals surface area contributed by atoms with E-state index in [0.717, 1.165) is 19.6 Å². The molecule has 1 rings (SSSR count). The first kappa shape index (κ1) is 17.0.